The highest BCUT2D eigenvalue weighted by Crippen LogP contribution is 2.24. The van der Waals surface area contributed by atoms with Crippen LogP contribution in [0.25, 0.3) is 11.4 Å². The van der Waals surface area contributed by atoms with Crippen molar-refractivity contribution in [2.45, 2.75) is 10.9 Å². The van der Waals surface area contributed by atoms with Crippen LogP contribution in [0.4, 0.5) is 11.9 Å². The quantitative estimate of drug-likeness (QED) is 0.687. The second-order valence-electron chi connectivity index (χ2n) is 4.49. The molecule has 9 heteroatoms. The van der Waals surface area contributed by atoms with Gasteiger partial charge in [-0.05, 0) is 0 Å². The van der Waals surface area contributed by atoms with Gasteiger partial charge < -0.3 is 16.0 Å². The molecule has 0 bridgehead atoms. The first-order valence-electron chi connectivity index (χ1n) is 6.47. The van der Waals surface area contributed by atoms with Crippen molar-refractivity contribution < 1.29 is 0 Å². The largest absolute Gasteiger partial charge is 0.368 e. The molecule has 0 radical (unpaired) electrons. The van der Waals surface area contributed by atoms with Crippen LogP contribution in [-0.4, -0.2) is 29.7 Å². The normalized spacial score (nSPS) is 10.8. The molecule has 0 aliphatic carbocycles. The molecule has 0 amide bonds. The monoisotopic (exact) mass is 314 g/mol. The van der Waals surface area contributed by atoms with Crippen LogP contribution in [0.3, 0.4) is 0 Å². The summed E-state index contributed by atoms with van der Waals surface area (Å²) in [4.78, 5) is 11.8. The Morgan fingerprint density at radius 2 is 1.68 bits per heavy atom. The van der Waals surface area contributed by atoms with E-state index < -0.39 is 0 Å². The lowest BCUT2D eigenvalue weighted by atomic mass is 10.2. The summed E-state index contributed by atoms with van der Waals surface area (Å²) in [6, 6.07) is 9.88. The molecule has 112 valence electrons. The second-order valence-corrected chi connectivity index (χ2v) is 5.43. The van der Waals surface area contributed by atoms with Crippen molar-refractivity contribution in [1.82, 2.24) is 29.7 Å². The van der Waals surface area contributed by atoms with Gasteiger partial charge in [0.15, 0.2) is 11.0 Å². The van der Waals surface area contributed by atoms with Gasteiger partial charge in [0, 0.05) is 12.6 Å². The maximum atomic E-state index is 5.55. The number of aromatic nitrogens is 6. The molecule has 1 aromatic carbocycles. The standard InChI is InChI=1S/C13H14N8S/c1-21-10(8-5-3-2-4-6-8)19-20-13(21)22-7-9-16-11(14)18-12(15)17-9/h2-6H,7H2,1H3,(H4,14,15,16,17,18). The molecule has 3 aromatic rings. The summed E-state index contributed by atoms with van der Waals surface area (Å²) in [5.41, 5.74) is 12.1. The summed E-state index contributed by atoms with van der Waals surface area (Å²) in [6.07, 6.45) is 0. The van der Waals surface area contributed by atoms with Crippen LogP contribution in [0.5, 0.6) is 0 Å². The van der Waals surface area contributed by atoms with E-state index in [9.17, 15) is 0 Å². The van der Waals surface area contributed by atoms with Crippen molar-refractivity contribution in [2.75, 3.05) is 11.5 Å². The fourth-order valence-corrected chi connectivity index (χ4v) is 2.70. The van der Waals surface area contributed by atoms with Gasteiger partial charge >= 0.3 is 0 Å². The lowest BCUT2D eigenvalue weighted by Crippen LogP contribution is -2.06. The Morgan fingerprint density at radius 1 is 1.00 bits per heavy atom. The van der Waals surface area contributed by atoms with Crippen LogP contribution >= 0.6 is 11.8 Å². The van der Waals surface area contributed by atoms with E-state index in [1.54, 1.807) is 0 Å². The molecule has 0 fully saturated rings. The Bertz CT molecular complexity index is 766. The molecule has 2 heterocycles. The number of rotatable bonds is 4. The van der Waals surface area contributed by atoms with Crippen molar-refractivity contribution in [1.29, 1.82) is 0 Å². The summed E-state index contributed by atoms with van der Waals surface area (Å²) >= 11 is 1.46. The van der Waals surface area contributed by atoms with E-state index in [2.05, 4.69) is 25.1 Å². The van der Waals surface area contributed by atoms with E-state index in [0.717, 1.165) is 16.5 Å². The Hall–Kier alpha value is -2.68. The first-order valence-corrected chi connectivity index (χ1v) is 7.45. The van der Waals surface area contributed by atoms with Gasteiger partial charge in [-0.3, -0.25) is 0 Å². The van der Waals surface area contributed by atoms with Gasteiger partial charge in [0.25, 0.3) is 0 Å². The summed E-state index contributed by atoms with van der Waals surface area (Å²) in [5, 5.41) is 9.18. The minimum atomic E-state index is 0.117. The second kappa shape index (κ2) is 5.98. The summed E-state index contributed by atoms with van der Waals surface area (Å²) in [6.45, 7) is 0. The molecule has 0 saturated carbocycles. The summed E-state index contributed by atoms with van der Waals surface area (Å²) in [7, 11) is 1.92. The fourth-order valence-electron chi connectivity index (χ4n) is 1.93. The number of thioether (sulfide) groups is 1. The van der Waals surface area contributed by atoms with Crippen molar-refractivity contribution in [2.24, 2.45) is 7.05 Å². The molecule has 8 nitrogen and oxygen atoms in total. The Morgan fingerprint density at radius 3 is 2.36 bits per heavy atom. The lowest BCUT2D eigenvalue weighted by Gasteiger charge is -2.04. The molecule has 3 rings (SSSR count). The van der Waals surface area contributed by atoms with Crippen molar-refractivity contribution >= 4 is 23.7 Å². The average Bonchev–Trinajstić information content (AvgIpc) is 2.86. The molecule has 2 aromatic heterocycles. The molecular weight excluding hydrogens is 300 g/mol. The van der Waals surface area contributed by atoms with E-state index in [1.165, 1.54) is 11.8 Å². The van der Waals surface area contributed by atoms with E-state index in [4.69, 9.17) is 11.5 Å². The first-order chi connectivity index (χ1) is 10.6. The van der Waals surface area contributed by atoms with Crippen LogP contribution in [-0.2, 0) is 12.8 Å². The predicted octanol–water partition coefficient (Wildman–Crippen LogP) is 1.12. The molecule has 0 aliphatic rings. The molecule has 0 unspecified atom stereocenters. The number of hydrogen-bond donors (Lipinski definition) is 2. The highest BCUT2D eigenvalue weighted by atomic mass is 32.2. The summed E-state index contributed by atoms with van der Waals surface area (Å²) in [5.74, 6) is 2.03. The maximum Gasteiger partial charge on any atom is 0.225 e. The van der Waals surface area contributed by atoms with Gasteiger partial charge in [-0.1, -0.05) is 42.1 Å². The SMILES string of the molecule is Cn1c(SCc2nc(N)nc(N)n2)nnc1-c1ccccc1. The third kappa shape index (κ3) is 2.98. The van der Waals surface area contributed by atoms with E-state index in [1.807, 2.05) is 41.9 Å². The van der Waals surface area contributed by atoms with Crippen molar-refractivity contribution in [3.05, 3.63) is 36.2 Å². The molecule has 0 saturated heterocycles. The molecule has 0 atom stereocenters. The van der Waals surface area contributed by atoms with E-state index in [-0.39, 0.29) is 11.9 Å². The number of nitrogens with zero attached hydrogens (tertiary/aromatic N) is 6. The highest BCUT2D eigenvalue weighted by Gasteiger charge is 2.12. The fraction of sp³-hybridized carbons (Fsp3) is 0.154. The van der Waals surface area contributed by atoms with Crippen molar-refractivity contribution in [3.63, 3.8) is 0 Å². The molecule has 4 N–H and O–H groups in total. The third-order valence-corrected chi connectivity index (χ3v) is 3.93. The zero-order valence-electron chi connectivity index (χ0n) is 11.8. The number of benzene rings is 1. The minimum absolute atomic E-state index is 0.117. The van der Waals surface area contributed by atoms with Gasteiger partial charge in [-0.25, -0.2) is 0 Å². The maximum absolute atomic E-state index is 5.55. The Balaban J connectivity index is 1.78. The Labute approximate surface area is 131 Å². The topological polar surface area (TPSA) is 121 Å². The van der Waals surface area contributed by atoms with Crippen LogP contribution in [0, 0.1) is 0 Å². The predicted molar refractivity (Wildman–Crippen MR) is 84.7 cm³/mol. The van der Waals surface area contributed by atoms with E-state index >= 15 is 0 Å². The number of anilines is 2. The number of nitrogens with two attached hydrogens (primary N) is 2. The van der Waals surface area contributed by atoms with Gasteiger partial charge in [-0.15, -0.1) is 10.2 Å². The Kier molecular flexibility index (Phi) is 3.88. The van der Waals surface area contributed by atoms with Gasteiger partial charge in [0.05, 0.1) is 5.75 Å². The smallest absolute Gasteiger partial charge is 0.225 e. The van der Waals surface area contributed by atoms with Crippen LogP contribution in [0.2, 0.25) is 0 Å². The first kappa shape index (κ1) is 14.3. The van der Waals surface area contributed by atoms with Gasteiger partial charge in [-0.2, -0.15) is 15.0 Å². The molecular formula is C13H14N8S. The molecule has 0 aliphatic heterocycles. The highest BCUT2D eigenvalue weighted by molar-refractivity contribution is 7.98. The van der Waals surface area contributed by atoms with E-state index in [0.29, 0.717) is 11.6 Å². The van der Waals surface area contributed by atoms with Crippen LogP contribution in [0.1, 0.15) is 5.82 Å². The summed E-state index contributed by atoms with van der Waals surface area (Å²) < 4.78 is 1.92. The lowest BCUT2D eigenvalue weighted by molar-refractivity contribution is 0.792. The zero-order valence-corrected chi connectivity index (χ0v) is 12.7. The third-order valence-electron chi connectivity index (χ3n) is 2.91. The number of nitrogen functional groups attached to an aromatic ring is 2. The van der Waals surface area contributed by atoms with Crippen LogP contribution < -0.4 is 11.5 Å². The van der Waals surface area contributed by atoms with Crippen molar-refractivity contribution in [3.8, 4) is 11.4 Å². The minimum Gasteiger partial charge on any atom is -0.368 e. The zero-order chi connectivity index (χ0) is 15.5. The molecule has 0 spiro atoms. The average molecular weight is 314 g/mol. The van der Waals surface area contributed by atoms with Crippen LogP contribution in [0.15, 0.2) is 35.5 Å². The van der Waals surface area contributed by atoms with Gasteiger partial charge in [0.1, 0.15) is 5.82 Å². The molecule has 22 heavy (non-hydrogen) atoms. The van der Waals surface area contributed by atoms with Gasteiger partial charge in [0.2, 0.25) is 11.9 Å². The number of hydrogen-bond acceptors (Lipinski definition) is 8.